The Morgan fingerprint density at radius 1 is 1.22 bits per heavy atom. The highest BCUT2D eigenvalue weighted by Gasteiger charge is 2.34. The van der Waals surface area contributed by atoms with Gasteiger partial charge >= 0.3 is 0 Å². The van der Waals surface area contributed by atoms with Crippen LogP contribution in [0.25, 0.3) is 0 Å². The SMILES string of the molecule is CCCNC(C)CCCN1CCCC2CCCC21. The number of nitrogens with zero attached hydrogens (tertiary/aromatic N) is 1. The third kappa shape index (κ3) is 3.96. The van der Waals surface area contributed by atoms with Crippen LogP contribution in [0.1, 0.15) is 65.2 Å². The van der Waals surface area contributed by atoms with Gasteiger partial charge in [-0.25, -0.2) is 0 Å². The van der Waals surface area contributed by atoms with Crippen molar-refractivity contribution in [2.45, 2.75) is 77.3 Å². The third-order valence-corrected chi connectivity index (χ3v) is 4.93. The second-order valence-corrected chi connectivity index (χ2v) is 6.43. The lowest BCUT2D eigenvalue weighted by Gasteiger charge is -2.38. The van der Waals surface area contributed by atoms with Crippen LogP contribution in [0, 0.1) is 5.92 Å². The van der Waals surface area contributed by atoms with E-state index >= 15 is 0 Å². The second-order valence-electron chi connectivity index (χ2n) is 6.43. The highest BCUT2D eigenvalue weighted by Crippen LogP contribution is 2.36. The Morgan fingerprint density at radius 2 is 2.06 bits per heavy atom. The van der Waals surface area contributed by atoms with E-state index in [2.05, 4.69) is 24.1 Å². The first-order valence-electron chi connectivity index (χ1n) is 8.28. The molecule has 0 aromatic rings. The van der Waals surface area contributed by atoms with Gasteiger partial charge in [0.15, 0.2) is 0 Å². The molecule has 2 aliphatic rings. The van der Waals surface area contributed by atoms with Gasteiger partial charge in [0, 0.05) is 12.1 Å². The summed E-state index contributed by atoms with van der Waals surface area (Å²) in [6, 6.07) is 1.66. The van der Waals surface area contributed by atoms with E-state index in [1.54, 1.807) is 0 Å². The van der Waals surface area contributed by atoms with Gasteiger partial charge in [0.2, 0.25) is 0 Å². The van der Waals surface area contributed by atoms with Gasteiger partial charge in [0.1, 0.15) is 0 Å². The maximum Gasteiger partial charge on any atom is 0.0123 e. The molecular weight excluding hydrogens is 220 g/mol. The average molecular weight is 252 g/mol. The van der Waals surface area contributed by atoms with Crippen LogP contribution in [0.4, 0.5) is 0 Å². The fourth-order valence-corrected chi connectivity index (χ4v) is 3.93. The number of hydrogen-bond acceptors (Lipinski definition) is 2. The Balaban J connectivity index is 1.63. The van der Waals surface area contributed by atoms with E-state index < -0.39 is 0 Å². The summed E-state index contributed by atoms with van der Waals surface area (Å²) in [5.74, 6) is 1.05. The van der Waals surface area contributed by atoms with Gasteiger partial charge in [-0.3, -0.25) is 0 Å². The van der Waals surface area contributed by atoms with Gasteiger partial charge in [-0.1, -0.05) is 13.3 Å². The van der Waals surface area contributed by atoms with Crippen molar-refractivity contribution >= 4 is 0 Å². The molecule has 0 amide bonds. The minimum absolute atomic E-state index is 0.703. The lowest BCUT2D eigenvalue weighted by Crippen LogP contribution is -2.43. The Bertz CT molecular complexity index is 229. The Morgan fingerprint density at radius 3 is 2.89 bits per heavy atom. The summed E-state index contributed by atoms with van der Waals surface area (Å²) in [5, 5.41) is 3.60. The summed E-state index contributed by atoms with van der Waals surface area (Å²) < 4.78 is 0. The summed E-state index contributed by atoms with van der Waals surface area (Å²) in [5.41, 5.74) is 0. The van der Waals surface area contributed by atoms with Crippen molar-refractivity contribution < 1.29 is 0 Å². The minimum Gasteiger partial charge on any atom is -0.314 e. The number of piperidine rings is 1. The maximum absolute atomic E-state index is 3.60. The van der Waals surface area contributed by atoms with E-state index in [0.29, 0.717) is 6.04 Å². The molecule has 1 heterocycles. The van der Waals surface area contributed by atoms with E-state index in [1.807, 2.05) is 0 Å². The standard InChI is InChI=1S/C16H32N2/c1-3-11-17-14(2)7-5-12-18-13-6-9-15-8-4-10-16(15)18/h14-17H,3-13H2,1-2H3. The molecule has 1 N–H and O–H groups in total. The highest BCUT2D eigenvalue weighted by atomic mass is 15.2. The lowest BCUT2D eigenvalue weighted by molar-refractivity contribution is 0.110. The fourth-order valence-electron chi connectivity index (χ4n) is 3.93. The molecule has 0 bridgehead atoms. The van der Waals surface area contributed by atoms with E-state index in [4.69, 9.17) is 0 Å². The molecule has 1 aliphatic heterocycles. The second kappa shape index (κ2) is 7.49. The predicted molar refractivity (Wildman–Crippen MR) is 78.9 cm³/mol. The van der Waals surface area contributed by atoms with Gasteiger partial charge in [-0.05, 0) is 77.4 Å². The van der Waals surface area contributed by atoms with Crippen molar-refractivity contribution in [3.8, 4) is 0 Å². The zero-order valence-corrected chi connectivity index (χ0v) is 12.5. The normalized spacial score (nSPS) is 30.3. The van der Waals surface area contributed by atoms with Crippen LogP contribution in [0.15, 0.2) is 0 Å². The van der Waals surface area contributed by atoms with Crippen LogP contribution in [0.3, 0.4) is 0 Å². The van der Waals surface area contributed by atoms with Gasteiger partial charge < -0.3 is 10.2 Å². The van der Waals surface area contributed by atoms with Gasteiger partial charge in [0.25, 0.3) is 0 Å². The Kier molecular flexibility index (Phi) is 5.97. The summed E-state index contributed by atoms with van der Waals surface area (Å²) >= 11 is 0. The molecule has 18 heavy (non-hydrogen) atoms. The van der Waals surface area contributed by atoms with Crippen molar-refractivity contribution in [3.63, 3.8) is 0 Å². The molecule has 0 radical (unpaired) electrons. The van der Waals surface area contributed by atoms with E-state index in [0.717, 1.165) is 12.0 Å². The minimum atomic E-state index is 0.703. The fraction of sp³-hybridized carbons (Fsp3) is 1.00. The molecule has 1 saturated carbocycles. The largest absolute Gasteiger partial charge is 0.314 e. The maximum atomic E-state index is 3.60. The molecule has 0 aromatic carbocycles. The number of hydrogen-bond donors (Lipinski definition) is 1. The molecule has 0 spiro atoms. The van der Waals surface area contributed by atoms with Gasteiger partial charge in [-0.15, -0.1) is 0 Å². The van der Waals surface area contributed by atoms with Crippen LogP contribution in [0.5, 0.6) is 0 Å². The van der Waals surface area contributed by atoms with E-state index in [9.17, 15) is 0 Å². The number of nitrogens with one attached hydrogen (secondary N) is 1. The molecule has 1 aliphatic carbocycles. The molecule has 106 valence electrons. The molecule has 2 fully saturated rings. The quantitative estimate of drug-likeness (QED) is 0.747. The zero-order chi connectivity index (χ0) is 12.8. The lowest BCUT2D eigenvalue weighted by atomic mass is 9.92. The van der Waals surface area contributed by atoms with E-state index in [-0.39, 0.29) is 0 Å². The first-order valence-corrected chi connectivity index (χ1v) is 8.28. The number of likely N-dealkylation sites (tertiary alicyclic amines) is 1. The summed E-state index contributed by atoms with van der Waals surface area (Å²) in [6.45, 7) is 8.48. The number of rotatable bonds is 7. The summed E-state index contributed by atoms with van der Waals surface area (Å²) in [6.07, 6.45) is 11.4. The highest BCUT2D eigenvalue weighted by molar-refractivity contribution is 4.89. The molecule has 3 unspecified atom stereocenters. The van der Waals surface area contributed by atoms with E-state index in [1.165, 1.54) is 71.0 Å². The van der Waals surface area contributed by atoms with Crippen LogP contribution < -0.4 is 5.32 Å². The average Bonchev–Trinajstić information content (AvgIpc) is 2.85. The molecule has 1 saturated heterocycles. The first kappa shape index (κ1) is 14.3. The van der Waals surface area contributed by atoms with Crippen molar-refractivity contribution in [1.29, 1.82) is 0 Å². The van der Waals surface area contributed by atoms with Crippen molar-refractivity contribution in [2.75, 3.05) is 19.6 Å². The number of fused-ring (bicyclic) bond motifs is 1. The molecule has 2 rings (SSSR count). The van der Waals surface area contributed by atoms with Crippen LogP contribution >= 0.6 is 0 Å². The Labute approximate surface area is 114 Å². The molecular formula is C16H32N2. The summed E-state index contributed by atoms with van der Waals surface area (Å²) in [7, 11) is 0. The van der Waals surface area contributed by atoms with Crippen LogP contribution in [0.2, 0.25) is 0 Å². The molecule has 2 nitrogen and oxygen atoms in total. The Hall–Kier alpha value is -0.0800. The van der Waals surface area contributed by atoms with Crippen molar-refractivity contribution in [3.05, 3.63) is 0 Å². The van der Waals surface area contributed by atoms with Crippen LogP contribution in [-0.4, -0.2) is 36.6 Å². The predicted octanol–water partition coefficient (Wildman–Crippen LogP) is 3.42. The molecule has 2 heteroatoms. The topological polar surface area (TPSA) is 15.3 Å². The molecule has 0 aromatic heterocycles. The first-order chi connectivity index (χ1) is 8.81. The smallest absolute Gasteiger partial charge is 0.0123 e. The van der Waals surface area contributed by atoms with Gasteiger partial charge in [0.05, 0.1) is 0 Å². The zero-order valence-electron chi connectivity index (χ0n) is 12.5. The van der Waals surface area contributed by atoms with Crippen molar-refractivity contribution in [1.82, 2.24) is 10.2 Å². The van der Waals surface area contributed by atoms with Crippen LogP contribution in [-0.2, 0) is 0 Å². The third-order valence-electron chi connectivity index (χ3n) is 4.93. The van der Waals surface area contributed by atoms with Crippen molar-refractivity contribution in [2.24, 2.45) is 5.92 Å². The molecule has 3 atom stereocenters. The summed E-state index contributed by atoms with van der Waals surface area (Å²) in [4.78, 5) is 2.81. The monoisotopic (exact) mass is 252 g/mol. The van der Waals surface area contributed by atoms with Gasteiger partial charge in [-0.2, -0.15) is 0 Å².